The largest absolute Gasteiger partial charge is 0.480 e. The van der Waals surface area contributed by atoms with E-state index in [2.05, 4.69) is 5.32 Å². The molecule has 0 aromatic heterocycles. The highest BCUT2D eigenvalue weighted by molar-refractivity contribution is 5.95. The molecule has 0 aliphatic rings. The van der Waals surface area contributed by atoms with E-state index in [0.717, 1.165) is 6.42 Å². The summed E-state index contributed by atoms with van der Waals surface area (Å²) in [4.78, 5) is 35.0. The zero-order valence-electron chi connectivity index (χ0n) is 11.8. The number of aliphatic carboxylic acids is 1. The number of anilines is 1. The van der Waals surface area contributed by atoms with Gasteiger partial charge in [0.1, 0.15) is 0 Å². The Labute approximate surface area is 122 Å². The van der Waals surface area contributed by atoms with E-state index in [1.807, 2.05) is 6.92 Å². The summed E-state index contributed by atoms with van der Waals surface area (Å²) in [5, 5.41) is 11.4. The predicted molar refractivity (Wildman–Crippen MR) is 78.0 cm³/mol. The molecule has 0 radical (unpaired) electrons. The van der Waals surface area contributed by atoms with Crippen molar-refractivity contribution in [2.45, 2.75) is 13.3 Å². The van der Waals surface area contributed by atoms with E-state index < -0.39 is 11.9 Å². The third-order valence-corrected chi connectivity index (χ3v) is 2.72. The molecule has 0 saturated heterocycles. The van der Waals surface area contributed by atoms with Crippen LogP contribution in [0, 0.1) is 0 Å². The minimum absolute atomic E-state index is 0.00227. The van der Waals surface area contributed by atoms with E-state index in [4.69, 9.17) is 10.8 Å². The summed E-state index contributed by atoms with van der Waals surface area (Å²) in [7, 11) is 0. The fourth-order valence-electron chi connectivity index (χ4n) is 1.84. The number of nitrogens with one attached hydrogen (secondary N) is 1. The van der Waals surface area contributed by atoms with Gasteiger partial charge in [0.25, 0.3) is 0 Å². The lowest BCUT2D eigenvalue weighted by atomic mass is 10.2. The number of carbonyl (C=O) groups excluding carboxylic acids is 2. The predicted octanol–water partition coefficient (Wildman–Crippen LogP) is 0.521. The Morgan fingerprint density at radius 1 is 1.19 bits per heavy atom. The van der Waals surface area contributed by atoms with Crippen LogP contribution in [0.2, 0.25) is 0 Å². The standard InChI is InChI=1S/C14H19N3O4/c1-2-7-17(9-13(19)20)8-12(18)16-11-5-3-10(4-6-11)14(15)21/h3-6H,2,7-9H2,1H3,(H2,15,21)(H,16,18)(H,19,20). The number of nitrogens with zero attached hydrogens (tertiary/aromatic N) is 1. The van der Waals surface area contributed by atoms with E-state index in [1.54, 1.807) is 17.0 Å². The third-order valence-electron chi connectivity index (χ3n) is 2.72. The van der Waals surface area contributed by atoms with E-state index in [1.165, 1.54) is 12.1 Å². The molecule has 0 spiro atoms. The fourth-order valence-corrected chi connectivity index (χ4v) is 1.84. The van der Waals surface area contributed by atoms with Crippen LogP contribution < -0.4 is 11.1 Å². The SMILES string of the molecule is CCCN(CC(=O)O)CC(=O)Nc1ccc(C(N)=O)cc1. The maximum Gasteiger partial charge on any atom is 0.317 e. The molecule has 0 unspecified atom stereocenters. The first-order valence-electron chi connectivity index (χ1n) is 6.56. The highest BCUT2D eigenvalue weighted by Crippen LogP contribution is 2.09. The zero-order valence-corrected chi connectivity index (χ0v) is 11.8. The monoisotopic (exact) mass is 293 g/mol. The van der Waals surface area contributed by atoms with Crippen LogP contribution in [0.4, 0.5) is 5.69 Å². The van der Waals surface area contributed by atoms with Crippen LogP contribution in [0.25, 0.3) is 0 Å². The lowest BCUT2D eigenvalue weighted by molar-refractivity contribution is -0.138. The fraction of sp³-hybridized carbons (Fsp3) is 0.357. The van der Waals surface area contributed by atoms with Gasteiger partial charge in [0, 0.05) is 11.3 Å². The number of primary amides is 1. The molecule has 1 aromatic rings. The molecule has 21 heavy (non-hydrogen) atoms. The zero-order chi connectivity index (χ0) is 15.8. The Hall–Kier alpha value is -2.41. The van der Waals surface area contributed by atoms with Crippen LogP contribution in [-0.2, 0) is 9.59 Å². The van der Waals surface area contributed by atoms with Gasteiger partial charge in [-0.15, -0.1) is 0 Å². The molecule has 0 fully saturated rings. The number of carboxylic acids is 1. The summed E-state index contributed by atoms with van der Waals surface area (Å²) in [6.45, 7) is 2.26. The quantitative estimate of drug-likeness (QED) is 0.647. The summed E-state index contributed by atoms with van der Waals surface area (Å²) < 4.78 is 0. The first-order valence-corrected chi connectivity index (χ1v) is 6.56. The van der Waals surface area contributed by atoms with Gasteiger partial charge in [0.15, 0.2) is 0 Å². The van der Waals surface area contributed by atoms with Crippen LogP contribution in [0.15, 0.2) is 24.3 Å². The van der Waals surface area contributed by atoms with Crippen LogP contribution in [0.5, 0.6) is 0 Å². The van der Waals surface area contributed by atoms with E-state index in [-0.39, 0.29) is 19.0 Å². The average Bonchev–Trinajstić information content (AvgIpc) is 2.38. The van der Waals surface area contributed by atoms with Crippen LogP contribution >= 0.6 is 0 Å². The summed E-state index contributed by atoms with van der Waals surface area (Å²) in [6, 6.07) is 6.16. The van der Waals surface area contributed by atoms with E-state index in [9.17, 15) is 14.4 Å². The molecule has 0 heterocycles. The van der Waals surface area contributed by atoms with Gasteiger partial charge in [-0.05, 0) is 37.2 Å². The highest BCUT2D eigenvalue weighted by Gasteiger charge is 2.13. The molecule has 0 aliphatic heterocycles. The van der Waals surface area contributed by atoms with Gasteiger partial charge in [-0.3, -0.25) is 19.3 Å². The number of rotatable bonds is 8. The highest BCUT2D eigenvalue weighted by atomic mass is 16.4. The van der Waals surface area contributed by atoms with Crippen molar-refractivity contribution in [3.63, 3.8) is 0 Å². The molecule has 0 saturated carbocycles. The average molecular weight is 293 g/mol. The Bertz CT molecular complexity index is 513. The number of carbonyl (C=O) groups is 3. The summed E-state index contributed by atoms with van der Waals surface area (Å²) in [6.07, 6.45) is 0.758. The second-order valence-corrected chi connectivity index (χ2v) is 4.59. The summed E-state index contributed by atoms with van der Waals surface area (Å²) >= 11 is 0. The number of carboxylic acid groups (broad SMARTS) is 1. The molecule has 1 aromatic carbocycles. The lowest BCUT2D eigenvalue weighted by Gasteiger charge is -2.18. The van der Waals surface area contributed by atoms with E-state index in [0.29, 0.717) is 17.8 Å². The number of amides is 2. The van der Waals surface area contributed by atoms with Crippen LogP contribution in [0.1, 0.15) is 23.7 Å². The van der Waals surface area contributed by atoms with Crippen LogP contribution in [-0.4, -0.2) is 47.4 Å². The van der Waals surface area contributed by atoms with Crippen molar-refractivity contribution in [3.05, 3.63) is 29.8 Å². The first kappa shape index (κ1) is 16.6. The molecule has 7 heteroatoms. The van der Waals surface area contributed by atoms with Gasteiger partial charge >= 0.3 is 5.97 Å². The Balaban J connectivity index is 2.58. The topological polar surface area (TPSA) is 113 Å². The smallest absolute Gasteiger partial charge is 0.317 e. The van der Waals surface area contributed by atoms with Crippen molar-refractivity contribution in [1.82, 2.24) is 4.90 Å². The van der Waals surface area contributed by atoms with Gasteiger partial charge in [0.2, 0.25) is 11.8 Å². The van der Waals surface area contributed by atoms with Gasteiger partial charge in [0.05, 0.1) is 13.1 Å². The molecule has 4 N–H and O–H groups in total. The number of nitrogens with two attached hydrogens (primary N) is 1. The number of hydrogen-bond donors (Lipinski definition) is 3. The summed E-state index contributed by atoms with van der Waals surface area (Å²) in [5.74, 6) is -1.82. The molecule has 0 atom stereocenters. The second-order valence-electron chi connectivity index (χ2n) is 4.59. The molecule has 0 aliphatic carbocycles. The van der Waals surface area contributed by atoms with Crippen molar-refractivity contribution in [1.29, 1.82) is 0 Å². The lowest BCUT2D eigenvalue weighted by Crippen LogP contribution is -2.37. The van der Waals surface area contributed by atoms with Crippen molar-refractivity contribution in [2.75, 3.05) is 25.0 Å². The van der Waals surface area contributed by atoms with Gasteiger partial charge in [-0.1, -0.05) is 6.92 Å². The minimum Gasteiger partial charge on any atom is -0.480 e. The van der Waals surface area contributed by atoms with Crippen molar-refractivity contribution in [2.24, 2.45) is 5.73 Å². The Morgan fingerprint density at radius 2 is 1.81 bits per heavy atom. The maximum atomic E-state index is 11.9. The van der Waals surface area contributed by atoms with Crippen molar-refractivity contribution in [3.8, 4) is 0 Å². The number of hydrogen-bond acceptors (Lipinski definition) is 4. The van der Waals surface area contributed by atoms with Crippen LogP contribution in [0.3, 0.4) is 0 Å². The Kier molecular flexibility index (Phi) is 6.35. The van der Waals surface area contributed by atoms with Crippen molar-refractivity contribution >= 4 is 23.5 Å². The first-order chi connectivity index (χ1) is 9.92. The molecule has 2 amide bonds. The normalized spacial score (nSPS) is 10.4. The van der Waals surface area contributed by atoms with Crippen molar-refractivity contribution < 1.29 is 19.5 Å². The molecular weight excluding hydrogens is 274 g/mol. The van der Waals surface area contributed by atoms with E-state index >= 15 is 0 Å². The second kappa shape index (κ2) is 8.01. The molecule has 1 rings (SSSR count). The summed E-state index contributed by atoms with van der Waals surface area (Å²) in [5.41, 5.74) is 6.00. The van der Waals surface area contributed by atoms with Gasteiger partial charge in [-0.25, -0.2) is 0 Å². The number of benzene rings is 1. The molecular formula is C14H19N3O4. The maximum absolute atomic E-state index is 11.9. The Morgan fingerprint density at radius 3 is 2.29 bits per heavy atom. The molecule has 114 valence electrons. The molecule has 0 bridgehead atoms. The third kappa shape index (κ3) is 6.05. The minimum atomic E-state index is -0.970. The van der Waals surface area contributed by atoms with Gasteiger partial charge < -0.3 is 16.2 Å². The molecule has 7 nitrogen and oxygen atoms in total. The van der Waals surface area contributed by atoms with Gasteiger partial charge in [-0.2, -0.15) is 0 Å².